The molecule has 0 aliphatic carbocycles. The molecule has 0 fully saturated rings. The van der Waals surface area contributed by atoms with Crippen LogP contribution in [0.25, 0.3) is 0 Å². The monoisotopic (exact) mass is 467 g/mol. The van der Waals surface area contributed by atoms with E-state index in [1.807, 2.05) is 0 Å². The minimum Gasteiger partial charge on any atom is -0.481 e. The number of nitrogens with zero attached hydrogens (tertiary/aromatic N) is 5. The first-order valence-electron chi connectivity index (χ1n) is 10.5. The Labute approximate surface area is 194 Å². The Morgan fingerprint density at radius 3 is 2.56 bits per heavy atom. The molecule has 0 amide bonds. The third-order valence-corrected chi connectivity index (χ3v) is 5.11. The summed E-state index contributed by atoms with van der Waals surface area (Å²) in [6, 6.07) is 6.60. The number of aromatic nitrogens is 5. The van der Waals surface area contributed by atoms with E-state index in [4.69, 9.17) is 10.8 Å². The summed E-state index contributed by atoms with van der Waals surface area (Å²) in [4.78, 5) is 42.7. The number of nitrogen functional groups attached to an aromatic ring is 1. The van der Waals surface area contributed by atoms with Crippen LogP contribution in [0.4, 0.5) is 11.5 Å². The van der Waals surface area contributed by atoms with Crippen molar-refractivity contribution in [1.82, 2.24) is 25.0 Å². The number of Topliss-reactive ketones (excluding diaryl/α,β-unsaturated/α-hetero) is 1. The zero-order valence-electron chi connectivity index (χ0n) is 18.5. The largest absolute Gasteiger partial charge is 0.481 e. The topological polar surface area (TPSA) is 186 Å². The second-order valence-corrected chi connectivity index (χ2v) is 7.76. The van der Waals surface area contributed by atoms with Gasteiger partial charge in [-0.05, 0) is 37.6 Å². The van der Waals surface area contributed by atoms with Crippen LogP contribution in [-0.2, 0) is 22.7 Å². The van der Waals surface area contributed by atoms with Crippen LogP contribution in [0.3, 0.4) is 0 Å². The van der Waals surface area contributed by atoms with Gasteiger partial charge in [-0.15, -0.1) is 5.10 Å². The van der Waals surface area contributed by atoms with Crippen molar-refractivity contribution < 1.29 is 24.6 Å². The minimum atomic E-state index is -1.18. The van der Waals surface area contributed by atoms with Gasteiger partial charge in [0.15, 0.2) is 5.78 Å². The van der Waals surface area contributed by atoms with Crippen LogP contribution in [-0.4, -0.2) is 52.9 Å². The quantitative estimate of drug-likeness (QED) is 0.284. The first-order chi connectivity index (χ1) is 16.2. The van der Waals surface area contributed by atoms with Crippen LogP contribution in [0.2, 0.25) is 0 Å². The molecule has 12 nitrogen and oxygen atoms in total. The van der Waals surface area contributed by atoms with Gasteiger partial charge in [0.2, 0.25) is 0 Å². The lowest BCUT2D eigenvalue weighted by Crippen LogP contribution is -2.19. The Kier molecular flexibility index (Phi) is 7.85. The Balaban J connectivity index is 1.53. The van der Waals surface area contributed by atoms with Crippen molar-refractivity contribution in [2.75, 3.05) is 11.1 Å². The van der Waals surface area contributed by atoms with Crippen molar-refractivity contribution in [3.63, 3.8) is 0 Å². The molecule has 0 radical (unpaired) electrons. The standard InChI is InChI=1S/C22H25N7O5/c1-13-24-9-16(21(23)26-13)11-29-12-18(27-28-29)10-25-17-5-2-14(3-6-17)19(30)8-15(22(33)34)4-7-20(31)32/h2-3,5-6,9,12,15,25H,4,7-8,10-11H2,1H3,(H,31,32)(H,33,34)(H2,23,24,26). The SMILES string of the molecule is Cc1ncc(Cn2cc(CNc3ccc(C(=O)CC(CCC(=O)O)C(=O)O)cc3)nn2)c(N)n1. The van der Waals surface area contributed by atoms with Crippen molar-refractivity contribution in [2.45, 2.75) is 39.3 Å². The molecular weight excluding hydrogens is 442 g/mol. The number of benzene rings is 1. The Morgan fingerprint density at radius 2 is 1.91 bits per heavy atom. The summed E-state index contributed by atoms with van der Waals surface area (Å²) < 4.78 is 1.63. The fraction of sp³-hybridized carbons (Fsp3) is 0.318. The predicted molar refractivity (Wildman–Crippen MR) is 121 cm³/mol. The fourth-order valence-electron chi connectivity index (χ4n) is 3.22. The average Bonchev–Trinajstić information content (AvgIpc) is 3.24. The predicted octanol–water partition coefficient (Wildman–Crippen LogP) is 1.76. The molecule has 0 bridgehead atoms. The van der Waals surface area contributed by atoms with Gasteiger partial charge in [-0.1, -0.05) is 5.21 Å². The number of rotatable bonds is 12. The molecule has 0 saturated carbocycles. The summed E-state index contributed by atoms with van der Waals surface area (Å²) in [5, 5.41) is 29.3. The fourth-order valence-corrected chi connectivity index (χ4v) is 3.22. The maximum absolute atomic E-state index is 12.4. The van der Waals surface area contributed by atoms with Gasteiger partial charge in [0.05, 0.1) is 25.2 Å². The maximum Gasteiger partial charge on any atom is 0.306 e. The summed E-state index contributed by atoms with van der Waals surface area (Å²) in [5.41, 5.74) is 8.44. The zero-order chi connectivity index (χ0) is 24.7. The summed E-state index contributed by atoms with van der Waals surface area (Å²) in [6.07, 6.45) is 2.78. The number of aryl methyl sites for hydroxylation is 1. The number of carbonyl (C=O) groups is 3. The van der Waals surface area contributed by atoms with Crippen molar-refractivity contribution >= 4 is 29.2 Å². The highest BCUT2D eigenvalue weighted by Crippen LogP contribution is 2.18. The van der Waals surface area contributed by atoms with Gasteiger partial charge in [-0.3, -0.25) is 14.4 Å². The van der Waals surface area contributed by atoms with E-state index in [0.29, 0.717) is 36.0 Å². The highest BCUT2D eigenvalue weighted by atomic mass is 16.4. The molecule has 178 valence electrons. The second kappa shape index (κ2) is 11.0. The smallest absolute Gasteiger partial charge is 0.306 e. The molecule has 0 saturated heterocycles. The summed E-state index contributed by atoms with van der Waals surface area (Å²) in [5.74, 6) is -2.68. The number of anilines is 2. The number of aliphatic carboxylic acids is 2. The summed E-state index contributed by atoms with van der Waals surface area (Å²) >= 11 is 0. The maximum atomic E-state index is 12.4. The second-order valence-electron chi connectivity index (χ2n) is 7.76. The average molecular weight is 467 g/mol. The highest BCUT2D eigenvalue weighted by Gasteiger charge is 2.22. The molecule has 0 spiro atoms. The van der Waals surface area contributed by atoms with E-state index in [9.17, 15) is 19.5 Å². The highest BCUT2D eigenvalue weighted by molar-refractivity contribution is 5.98. The van der Waals surface area contributed by atoms with Crippen LogP contribution in [0.5, 0.6) is 0 Å². The van der Waals surface area contributed by atoms with E-state index in [-0.39, 0.29) is 25.0 Å². The van der Waals surface area contributed by atoms with E-state index in [2.05, 4.69) is 25.6 Å². The van der Waals surface area contributed by atoms with Crippen LogP contribution < -0.4 is 11.1 Å². The lowest BCUT2D eigenvalue weighted by molar-refractivity contribution is -0.142. The molecule has 2 aromatic heterocycles. The number of carboxylic acid groups (broad SMARTS) is 2. The number of hydrogen-bond acceptors (Lipinski definition) is 9. The number of nitrogens with one attached hydrogen (secondary N) is 1. The van der Waals surface area contributed by atoms with Crippen molar-refractivity contribution in [3.8, 4) is 0 Å². The van der Waals surface area contributed by atoms with Crippen LogP contribution in [0.15, 0.2) is 36.7 Å². The zero-order valence-corrected chi connectivity index (χ0v) is 18.5. The van der Waals surface area contributed by atoms with Gasteiger partial charge in [-0.2, -0.15) is 0 Å². The first-order valence-corrected chi connectivity index (χ1v) is 10.5. The van der Waals surface area contributed by atoms with Gasteiger partial charge >= 0.3 is 11.9 Å². The number of hydrogen-bond donors (Lipinski definition) is 4. The molecular formula is C22H25N7O5. The van der Waals surface area contributed by atoms with Crippen LogP contribution in [0, 0.1) is 12.8 Å². The number of carboxylic acids is 2. The molecule has 1 atom stereocenters. The lowest BCUT2D eigenvalue weighted by atomic mass is 9.94. The lowest BCUT2D eigenvalue weighted by Gasteiger charge is -2.11. The first kappa shape index (κ1) is 24.3. The molecule has 1 aromatic carbocycles. The van der Waals surface area contributed by atoms with E-state index >= 15 is 0 Å². The van der Waals surface area contributed by atoms with Gasteiger partial charge < -0.3 is 21.3 Å². The molecule has 1 unspecified atom stereocenters. The molecule has 34 heavy (non-hydrogen) atoms. The molecule has 0 aliphatic heterocycles. The van der Waals surface area contributed by atoms with Gasteiger partial charge in [0.1, 0.15) is 17.3 Å². The molecule has 3 rings (SSSR count). The van der Waals surface area contributed by atoms with Gasteiger partial charge in [-0.25, -0.2) is 14.6 Å². The number of ketones is 1. The van der Waals surface area contributed by atoms with Gasteiger partial charge in [0, 0.05) is 35.9 Å². The van der Waals surface area contributed by atoms with E-state index in [0.717, 1.165) is 11.3 Å². The van der Waals surface area contributed by atoms with Gasteiger partial charge in [0.25, 0.3) is 0 Å². The molecule has 5 N–H and O–H groups in total. The summed E-state index contributed by atoms with van der Waals surface area (Å²) in [7, 11) is 0. The Hall–Kier alpha value is -4.35. The molecule has 2 heterocycles. The third kappa shape index (κ3) is 6.82. The normalized spacial score (nSPS) is 11.7. The third-order valence-electron chi connectivity index (χ3n) is 5.11. The minimum absolute atomic E-state index is 0.0970. The van der Waals surface area contributed by atoms with E-state index in [1.165, 1.54) is 0 Å². The van der Waals surface area contributed by atoms with Crippen LogP contribution in [0.1, 0.15) is 46.7 Å². The Bertz CT molecular complexity index is 1180. The molecule has 0 aliphatic rings. The van der Waals surface area contributed by atoms with Crippen molar-refractivity contribution in [2.24, 2.45) is 5.92 Å². The van der Waals surface area contributed by atoms with Crippen LogP contribution >= 0.6 is 0 Å². The van der Waals surface area contributed by atoms with E-state index < -0.39 is 17.9 Å². The summed E-state index contributed by atoms with van der Waals surface area (Å²) in [6.45, 7) is 2.54. The Morgan fingerprint density at radius 1 is 1.18 bits per heavy atom. The molecule has 12 heteroatoms. The number of nitrogens with two attached hydrogens (primary N) is 1. The number of carbonyl (C=O) groups excluding carboxylic acids is 1. The molecule has 3 aromatic rings. The van der Waals surface area contributed by atoms with E-state index in [1.54, 1.807) is 48.3 Å². The van der Waals surface area contributed by atoms with Crippen molar-refractivity contribution in [3.05, 3.63) is 59.3 Å². The van der Waals surface area contributed by atoms with Crippen molar-refractivity contribution in [1.29, 1.82) is 0 Å².